The summed E-state index contributed by atoms with van der Waals surface area (Å²) in [5.74, 6) is -2.41. The molecule has 8 nitrogen and oxygen atoms in total. The van der Waals surface area contributed by atoms with Crippen LogP contribution in [0.4, 0.5) is 0 Å². The van der Waals surface area contributed by atoms with Gasteiger partial charge in [0.15, 0.2) is 0 Å². The number of nitrogens with zero attached hydrogens (tertiary/aromatic N) is 1. The fourth-order valence-electron chi connectivity index (χ4n) is 0.563. The summed E-state index contributed by atoms with van der Waals surface area (Å²) in [5.41, 5.74) is 3.44. The zero-order valence-corrected chi connectivity index (χ0v) is 6.18. The second-order valence-corrected chi connectivity index (χ2v) is 2.02. The van der Waals surface area contributed by atoms with Crippen molar-refractivity contribution in [1.82, 2.24) is 9.72 Å². The molecule has 0 saturated carbocycles. The quantitative estimate of drug-likeness (QED) is 0.457. The van der Waals surface area contributed by atoms with Gasteiger partial charge in [-0.2, -0.15) is 0 Å². The number of aromatic nitrogens is 2. The Morgan fingerprint density at radius 3 is 2.62 bits per heavy atom. The van der Waals surface area contributed by atoms with E-state index in [1.807, 2.05) is 0 Å². The minimum absolute atomic E-state index is 0.395. The molecular formula is C5H5N3O5. The average molecular weight is 187 g/mol. The van der Waals surface area contributed by atoms with E-state index in [0.717, 1.165) is 0 Å². The number of rotatable bonds is 2. The predicted molar refractivity (Wildman–Crippen MR) is 39.7 cm³/mol. The van der Waals surface area contributed by atoms with Crippen LogP contribution in [-0.4, -0.2) is 20.8 Å². The molecule has 8 heteroatoms. The Bertz CT molecular complexity index is 461. The van der Waals surface area contributed by atoms with Crippen LogP contribution >= 0.6 is 0 Å². The van der Waals surface area contributed by atoms with E-state index in [4.69, 9.17) is 10.8 Å². The van der Waals surface area contributed by atoms with Crippen molar-refractivity contribution in [3.05, 3.63) is 26.7 Å². The van der Waals surface area contributed by atoms with Crippen LogP contribution in [0.25, 0.3) is 6.20 Å². The van der Waals surface area contributed by atoms with Crippen LogP contribution in [0, 0.1) is 0 Å². The molecule has 13 heavy (non-hydrogen) atoms. The molecule has 0 bridgehead atoms. The number of nitrogens with one attached hydrogen (secondary N) is 1. The molecule has 4 N–H and O–H groups in total. The van der Waals surface area contributed by atoms with E-state index in [1.54, 1.807) is 4.98 Å². The van der Waals surface area contributed by atoms with Crippen molar-refractivity contribution in [3.63, 3.8) is 0 Å². The second-order valence-electron chi connectivity index (χ2n) is 2.02. The predicted octanol–water partition coefficient (Wildman–Crippen LogP) is -2.03. The maximum atomic E-state index is 10.7. The minimum Gasteiger partial charge on any atom is -0.477 e. The molecule has 0 aliphatic heterocycles. The van der Waals surface area contributed by atoms with Crippen LogP contribution in [0.5, 0.6) is 0 Å². The Hall–Kier alpha value is -2.25. The molecule has 1 aromatic rings. The number of carboxylic acids is 1. The van der Waals surface area contributed by atoms with Crippen molar-refractivity contribution in [2.45, 2.75) is 0 Å². The summed E-state index contributed by atoms with van der Waals surface area (Å²) in [5, 5.41) is 8.30. The second kappa shape index (κ2) is 3.01. The Labute approximate surface area is 69.9 Å². The highest BCUT2D eigenvalue weighted by atomic mass is 16.5. The van der Waals surface area contributed by atoms with Gasteiger partial charge >= 0.3 is 17.4 Å². The first-order valence-corrected chi connectivity index (χ1v) is 3.03. The zero-order valence-electron chi connectivity index (χ0n) is 6.18. The molecule has 0 aromatic carbocycles. The van der Waals surface area contributed by atoms with E-state index >= 15 is 0 Å². The first kappa shape index (κ1) is 8.84. The largest absolute Gasteiger partial charge is 0.477 e. The van der Waals surface area contributed by atoms with Crippen molar-refractivity contribution in [1.29, 1.82) is 0 Å². The number of H-pyrrole nitrogens is 1. The topological polar surface area (TPSA) is 131 Å². The molecule has 0 radical (unpaired) electrons. The Morgan fingerprint density at radius 1 is 1.62 bits per heavy atom. The number of hydrogen-bond donors (Lipinski definition) is 3. The lowest BCUT2D eigenvalue weighted by Gasteiger charge is -1.90. The number of carboxylic acid groups (broad SMARTS) is 1. The summed E-state index contributed by atoms with van der Waals surface area (Å²) in [6.45, 7) is 0. The van der Waals surface area contributed by atoms with Gasteiger partial charge in [0.05, 0.1) is 6.20 Å². The molecule has 0 unspecified atom stereocenters. The first-order valence-electron chi connectivity index (χ1n) is 3.03. The van der Waals surface area contributed by atoms with Gasteiger partial charge in [-0.25, -0.2) is 19.4 Å². The molecule has 0 fully saturated rings. The van der Waals surface area contributed by atoms with Gasteiger partial charge in [-0.1, -0.05) is 0 Å². The smallest absolute Gasteiger partial charge is 0.440 e. The van der Waals surface area contributed by atoms with E-state index in [1.165, 1.54) is 0 Å². The summed E-state index contributed by atoms with van der Waals surface area (Å²) < 4.78 is 4.60. The van der Waals surface area contributed by atoms with Crippen molar-refractivity contribution < 1.29 is 14.4 Å². The van der Waals surface area contributed by atoms with E-state index in [2.05, 4.69) is 4.52 Å². The summed E-state index contributed by atoms with van der Waals surface area (Å²) in [7, 11) is 0. The maximum absolute atomic E-state index is 10.7. The van der Waals surface area contributed by atoms with E-state index in [9.17, 15) is 14.4 Å². The van der Waals surface area contributed by atoms with E-state index in [-0.39, 0.29) is 0 Å². The molecule has 0 aliphatic carbocycles. The fraction of sp³-hybridized carbons (Fsp3) is 0. The number of aliphatic carboxylic acids is 1. The first-order chi connectivity index (χ1) is 6.00. The standard InChI is InChI=1S/C5H5N3O5/c6-2(3(9)10)1-8-4(11)7-5(12)13-8/h1H,6H2,(H,9,10)(H,7,11,12). The number of hydrogen-bond acceptors (Lipinski definition) is 5. The molecule has 0 amide bonds. The van der Waals surface area contributed by atoms with Crippen LogP contribution < -0.4 is 17.2 Å². The normalized spacial score (nSPS) is 11.5. The van der Waals surface area contributed by atoms with Crippen molar-refractivity contribution in [2.75, 3.05) is 0 Å². The lowest BCUT2D eigenvalue weighted by molar-refractivity contribution is -0.132. The van der Waals surface area contributed by atoms with Gasteiger partial charge < -0.3 is 15.4 Å². The van der Waals surface area contributed by atoms with Crippen LogP contribution in [0.1, 0.15) is 0 Å². The maximum Gasteiger partial charge on any atom is 0.440 e. The molecule has 1 aromatic heterocycles. The summed E-state index contributed by atoms with van der Waals surface area (Å²) in [6, 6.07) is 0. The third kappa shape index (κ3) is 1.86. The Balaban J connectivity index is 3.18. The van der Waals surface area contributed by atoms with Crippen molar-refractivity contribution in [3.8, 4) is 0 Å². The van der Waals surface area contributed by atoms with Crippen molar-refractivity contribution >= 4 is 12.2 Å². The van der Waals surface area contributed by atoms with Crippen LogP contribution in [-0.2, 0) is 4.79 Å². The van der Waals surface area contributed by atoms with Crippen LogP contribution in [0.15, 0.2) is 19.8 Å². The van der Waals surface area contributed by atoms with Gasteiger partial charge in [0.1, 0.15) is 5.70 Å². The summed E-state index contributed by atoms with van der Waals surface area (Å²) in [6.07, 6.45) is 0.683. The SMILES string of the molecule is NC(=Cn1oc(=O)[nH]c1=O)C(=O)O. The lowest BCUT2D eigenvalue weighted by atomic mass is 10.5. The minimum atomic E-state index is -1.42. The fourth-order valence-corrected chi connectivity index (χ4v) is 0.563. The van der Waals surface area contributed by atoms with Crippen molar-refractivity contribution in [2.24, 2.45) is 5.73 Å². The van der Waals surface area contributed by atoms with E-state index in [0.29, 0.717) is 10.9 Å². The molecular weight excluding hydrogens is 182 g/mol. The Morgan fingerprint density at radius 2 is 2.23 bits per heavy atom. The van der Waals surface area contributed by atoms with Gasteiger partial charge in [0.2, 0.25) is 0 Å². The average Bonchev–Trinajstić information content (AvgIpc) is 2.30. The Kier molecular flexibility index (Phi) is 2.05. The van der Waals surface area contributed by atoms with Gasteiger partial charge in [-0.3, -0.25) is 0 Å². The lowest BCUT2D eigenvalue weighted by Crippen LogP contribution is -2.16. The van der Waals surface area contributed by atoms with Gasteiger partial charge in [-0.05, 0) is 0 Å². The number of carbonyl (C=O) groups is 1. The highest BCUT2D eigenvalue weighted by Crippen LogP contribution is 1.85. The molecule has 0 atom stereocenters. The summed E-state index contributed by atoms with van der Waals surface area (Å²) >= 11 is 0. The van der Waals surface area contributed by atoms with E-state index < -0.39 is 23.1 Å². The molecule has 1 rings (SSSR count). The highest BCUT2D eigenvalue weighted by molar-refractivity contribution is 5.88. The molecule has 0 aliphatic rings. The van der Waals surface area contributed by atoms with Crippen LogP contribution in [0.2, 0.25) is 0 Å². The third-order valence-corrected chi connectivity index (χ3v) is 1.09. The highest BCUT2D eigenvalue weighted by Gasteiger charge is 2.04. The third-order valence-electron chi connectivity index (χ3n) is 1.09. The van der Waals surface area contributed by atoms with Gasteiger partial charge in [0, 0.05) is 0 Å². The number of aromatic amines is 1. The summed E-state index contributed by atoms with van der Waals surface area (Å²) in [4.78, 5) is 33.0. The molecule has 0 saturated heterocycles. The zero-order chi connectivity index (χ0) is 10.0. The molecule has 70 valence electrons. The van der Waals surface area contributed by atoms with Gasteiger partial charge in [0.25, 0.3) is 0 Å². The van der Waals surface area contributed by atoms with Gasteiger partial charge in [-0.15, -0.1) is 4.74 Å². The van der Waals surface area contributed by atoms with Crippen LogP contribution in [0.3, 0.4) is 0 Å². The monoisotopic (exact) mass is 187 g/mol. The molecule has 1 heterocycles. The molecule has 0 spiro atoms. The number of nitrogens with two attached hydrogens (primary N) is 1.